The first-order chi connectivity index (χ1) is 14.1. The zero-order chi connectivity index (χ0) is 22.4. The zero-order valence-corrected chi connectivity index (χ0v) is 15.0. The van der Waals surface area contributed by atoms with Gasteiger partial charge < -0.3 is 4.74 Å². The highest BCUT2D eigenvalue weighted by molar-refractivity contribution is 5.76. The Bertz CT molecular complexity index is 1340. The van der Waals surface area contributed by atoms with Gasteiger partial charge in [0.25, 0.3) is 0 Å². The summed E-state index contributed by atoms with van der Waals surface area (Å²) in [6, 6.07) is 2.83. The molecule has 148 valence electrons. The molecule has 0 saturated heterocycles. The summed E-state index contributed by atoms with van der Waals surface area (Å²) in [4.78, 5) is 6.07. The fraction of sp³-hybridized carbons (Fsp3) is 0.200. The summed E-state index contributed by atoms with van der Waals surface area (Å²) >= 11 is 0. The number of allylic oxidation sites excluding steroid dienone is 2. The number of fused-ring (bicyclic) bond motifs is 2. The molecule has 0 N–H and O–H groups in total. The highest BCUT2D eigenvalue weighted by Crippen LogP contribution is 2.35. The normalized spacial score (nSPS) is 14.3. The predicted molar refractivity (Wildman–Crippen MR) is 91.1 cm³/mol. The largest absolute Gasteiger partial charge is 0.573 e. The Morgan fingerprint density at radius 2 is 1.47 bits per heavy atom. The van der Waals surface area contributed by atoms with Crippen LogP contribution >= 0.6 is 0 Å². The van der Waals surface area contributed by atoms with Crippen LogP contribution in [0.25, 0.3) is 21.0 Å². The molecule has 10 heteroatoms. The van der Waals surface area contributed by atoms with Crippen molar-refractivity contribution in [2.45, 2.75) is 26.1 Å². The first kappa shape index (κ1) is 20.6. The van der Waals surface area contributed by atoms with Crippen LogP contribution in [0, 0.1) is 47.4 Å². The molecule has 0 unspecified atom stereocenters. The highest BCUT2D eigenvalue weighted by atomic mass is 19.4. The smallest absolute Gasteiger partial charge is 0.405 e. The molecular weight excluding hydrogens is 407 g/mol. The number of nitrogens with zero attached hydrogens (tertiary/aromatic N) is 4. The molecule has 0 radical (unpaired) electrons. The maximum absolute atomic E-state index is 15.3. The van der Waals surface area contributed by atoms with E-state index < -0.39 is 57.9 Å². The van der Waals surface area contributed by atoms with Crippen molar-refractivity contribution in [2.24, 2.45) is 0 Å². The van der Waals surface area contributed by atoms with Crippen LogP contribution in [-0.4, -0.2) is 6.36 Å². The zero-order valence-electron chi connectivity index (χ0n) is 15.0. The van der Waals surface area contributed by atoms with Crippen LogP contribution in [0.3, 0.4) is 0 Å². The Labute approximate surface area is 166 Å². The molecular formula is C20H7F5N4O. The molecule has 1 aromatic carbocycles. The number of alkyl halides is 3. The molecule has 0 saturated carbocycles. The molecule has 0 atom stereocenters. The van der Waals surface area contributed by atoms with Crippen molar-refractivity contribution in [3.63, 3.8) is 0 Å². The van der Waals surface area contributed by atoms with Crippen molar-refractivity contribution in [1.82, 2.24) is 0 Å². The molecule has 0 amide bonds. The van der Waals surface area contributed by atoms with Crippen molar-refractivity contribution in [3.8, 4) is 12.1 Å². The third-order valence-electron chi connectivity index (χ3n) is 4.83. The van der Waals surface area contributed by atoms with Gasteiger partial charge in [-0.25, -0.2) is 8.78 Å². The Morgan fingerprint density at radius 3 is 1.97 bits per heavy atom. The highest BCUT2D eigenvalue weighted by Gasteiger charge is 2.40. The van der Waals surface area contributed by atoms with Gasteiger partial charge in [-0.3, -0.25) is 0 Å². The second-order valence-corrected chi connectivity index (χ2v) is 6.29. The number of hydrogen-bond acceptors (Lipinski definition) is 3. The van der Waals surface area contributed by atoms with Gasteiger partial charge in [0, 0.05) is 28.3 Å². The first-order valence-corrected chi connectivity index (χ1v) is 8.11. The van der Waals surface area contributed by atoms with E-state index in [9.17, 15) is 13.2 Å². The Hall–Kier alpha value is -4.15. The van der Waals surface area contributed by atoms with Gasteiger partial charge >= 0.3 is 12.2 Å². The number of hydrogen-bond donors (Lipinski definition) is 0. The number of ether oxygens (including phenoxy) is 1. The molecule has 5 nitrogen and oxygen atoms in total. The molecule has 0 bridgehead atoms. The molecule has 0 spiro atoms. The summed E-state index contributed by atoms with van der Waals surface area (Å²) in [5, 5.41) is 17.0. The molecule has 0 aromatic heterocycles. The van der Waals surface area contributed by atoms with E-state index in [-0.39, 0.29) is 28.3 Å². The summed E-state index contributed by atoms with van der Waals surface area (Å²) in [5.74, 6) is -3.79. The minimum absolute atomic E-state index is 0.0836. The summed E-state index contributed by atoms with van der Waals surface area (Å²) in [7, 11) is 0. The van der Waals surface area contributed by atoms with Gasteiger partial charge in [0.2, 0.25) is 0 Å². The van der Waals surface area contributed by atoms with Crippen LogP contribution in [-0.2, 0) is 17.6 Å². The van der Waals surface area contributed by atoms with Crippen LogP contribution in [0.1, 0.15) is 18.1 Å². The Balaban J connectivity index is 2.50. The van der Waals surface area contributed by atoms with Crippen molar-refractivity contribution >= 4 is 11.3 Å². The number of nitriles is 2. The van der Waals surface area contributed by atoms with Crippen molar-refractivity contribution in [2.75, 3.05) is 0 Å². The van der Waals surface area contributed by atoms with Crippen molar-refractivity contribution in [1.29, 1.82) is 10.5 Å². The van der Waals surface area contributed by atoms with Gasteiger partial charge in [-0.2, -0.15) is 20.2 Å². The van der Waals surface area contributed by atoms with Crippen molar-refractivity contribution < 1.29 is 26.7 Å². The van der Waals surface area contributed by atoms with E-state index in [0.29, 0.717) is 0 Å². The number of benzene rings is 1. The lowest BCUT2D eigenvalue weighted by atomic mass is 10.0. The number of halogens is 5. The molecule has 0 heterocycles. The van der Waals surface area contributed by atoms with E-state index in [1.807, 2.05) is 0 Å². The monoisotopic (exact) mass is 414 g/mol. The van der Waals surface area contributed by atoms with Gasteiger partial charge in [-0.1, -0.05) is 0 Å². The summed E-state index contributed by atoms with van der Waals surface area (Å²) in [5.41, 5.74) is -1.91. The van der Waals surface area contributed by atoms with Crippen LogP contribution in [0.15, 0.2) is 22.5 Å². The van der Waals surface area contributed by atoms with Crippen LogP contribution in [0.4, 0.5) is 22.0 Å². The van der Waals surface area contributed by atoms with Gasteiger partial charge in [0.05, 0.1) is 10.8 Å². The quantitative estimate of drug-likeness (QED) is 0.403. The van der Waals surface area contributed by atoms with E-state index in [0.717, 1.165) is 0 Å². The van der Waals surface area contributed by atoms with Crippen LogP contribution in [0.5, 0.6) is 0 Å². The first-order valence-electron chi connectivity index (χ1n) is 8.11. The lowest BCUT2D eigenvalue weighted by Gasteiger charge is -2.11. The van der Waals surface area contributed by atoms with Gasteiger partial charge in [0.1, 0.15) is 48.2 Å². The SMILES string of the molecule is [C-]#[N+]C([N+]#[C-])=C1Cc2c(F)c3c(c(F)c2=C1C)CC(=C(C#N)C#N)C=3OC(F)(F)F. The predicted octanol–water partition coefficient (Wildman–Crippen LogP) is 3.29. The number of rotatable bonds is 1. The van der Waals surface area contributed by atoms with Gasteiger partial charge in [0.15, 0.2) is 0 Å². The molecule has 2 aliphatic carbocycles. The maximum atomic E-state index is 15.3. The lowest BCUT2D eigenvalue weighted by molar-refractivity contribution is -0.290. The molecule has 30 heavy (non-hydrogen) atoms. The molecule has 0 fully saturated rings. The van der Waals surface area contributed by atoms with E-state index >= 15 is 8.78 Å². The van der Waals surface area contributed by atoms with Gasteiger partial charge in [-0.15, -0.1) is 13.2 Å². The second-order valence-electron chi connectivity index (χ2n) is 6.29. The fourth-order valence-electron chi connectivity index (χ4n) is 3.61. The molecule has 3 rings (SSSR count). The standard InChI is InChI=1S/C20H7F5N4O/c1-8-10(19(28-2)29-3)4-12-14(8)16(21)13-5-11(9(6-26)7-27)18(15(13)17(12)22)30-20(23,24)25/h4-5H2,1H3. The molecule has 2 aliphatic rings. The van der Waals surface area contributed by atoms with Crippen LogP contribution in [0.2, 0.25) is 0 Å². The summed E-state index contributed by atoms with van der Waals surface area (Å²) in [6.07, 6.45) is -6.30. The third-order valence-corrected chi connectivity index (χ3v) is 4.83. The van der Waals surface area contributed by atoms with Gasteiger partial charge in [-0.05, 0) is 18.9 Å². The lowest BCUT2D eigenvalue weighted by Crippen LogP contribution is -2.28. The fourth-order valence-corrected chi connectivity index (χ4v) is 3.61. The Morgan fingerprint density at radius 1 is 0.967 bits per heavy atom. The van der Waals surface area contributed by atoms with Crippen molar-refractivity contribution in [3.05, 3.63) is 78.6 Å². The second kappa shape index (κ2) is 7.03. The topological polar surface area (TPSA) is 65.5 Å². The van der Waals surface area contributed by atoms with E-state index in [2.05, 4.69) is 14.4 Å². The Kier molecular flexibility index (Phi) is 4.82. The summed E-state index contributed by atoms with van der Waals surface area (Å²) in [6.45, 7) is 15.5. The minimum Gasteiger partial charge on any atom is -0.405 e. The molecule has 1 aromatic rings. The minimum atomic E-state index is -5.28. The average molecular weight is 414 g/mol. The molecule has 0 aliphatic heterocycles. The summed E-state index contributed by atoms with van der Waals surface area (Å²) < 4.78 is 73.4. The maximum Gasteiger partial charge on any atom is 0.573 e. The van der Waals surface area contributed by atoms with E-state index in [4.69, 9.17) is 23.7 Å². The van der Waals surface area contributed by atoms with E-state index in [1.165, 1.54) is 19.1 Å². The third kappa shape index (κ3) is 2.96. The average Bonchev–Trinajstić information content (AvgIpc) is 3.21. The van der Waals surface area contributed by atoms with E-state index in [1.54, 1.807) is 0 Å². The van der Waals surface area contributed by atoms with Crippen LogP contribution < -0.4 is 10.4 Å².